The van der Waals surface area contributed by atoms with Gasteiger partial charge in [0.1, 0.15) is 18.3 Å². The molecule has 5 atom stereocenters. The third-order valence-electron chi connectivity index (χ3n) is 3.66. The van der Waals surface area contributed by atoms with Crippen LogP contribution in [0.15, 0.2) is 24.3 Å². The van der Waals surface area contributed by atoms with E-state index in [4.69, 9.17) is 24.4 Å². The molecule has 1 heterocycles. The lowest BCUT2D eigenvalue weighted by atomic mass is 9.99. The molecule has 1 fully saturated rings. The van der Waals surface area contributed by atoms with Crippen LogP contribution in [-0.4, -0.2) is 75.3 Å². The number of carboxylic acid groups (broad SMARTS) is 2. The molecule has 1 aromatic carbocycles. The maximum absolute atomic E-state index is 11.1. The van der Waals surface area contributed by atoms with E-state index in [-0.39, 0.29) is 11.5 Å². The molecule has 0 saturated carbocycles. The molecule has 0 aliphatic carbocycles. The van der Waals surface area contributed by atoms with Crippen LogP contribution in [0, 0.1) is 0 Å². The van der Waals surface area contributed by atoms with Crippen molar-refractivity contribution < 1.29 is 49.3 Å². The highest BCUT2D eigenvalue weighted by atomic mass is 16.7. The Balaban J connectivity index is 2.23. The van der Waals surface area contributed by atoms with Crippen molar-refractivity contribution in [3.8, 4) is 11.5 Å². The van der Waals surface area contributed by atoms with Crippen LogP contribution in [0.2, 0.25) is 0 Å². The lowest BCUT2D eigenvalue weighted by Gasteiger charge is -2.38. The maximum Gasteiger partial charge on any atom is 0.335 e. The molecule has 10 heteroatoms. The monoisotopic (exact) mass is 370 g/mol. The number of rotatable bonds is 6. The minimum absolute atomic E-state index is 0.0525. The summed E-state index contributed by atoms with van der Waals surface area (Å²) in [5.74, 6) is -2.45. The second-order valence-electron chi connectivity index (χ2n) is 5.43. The number of carbonyl (C=O) groups is 2. The molecular weight excluding hydrogens is 352 g/mol. The van der Waals surface area contributed by atoms with Crippen molar-refractivity contribution in [2.45, 2.75) is 30.7 Å². The van der Waals surface area contributed by atoms with Gasteiger partial charge in [-0.25, -0.2) is 9.59 Å². The van der Waals surface area contributed by atoms with Crippen LogP contribution < -0.4 is 9.47 Å². The number of benzene rings is 1. The van der Waals surface area contributed by atoms with Gasteiger partial charge in [0.25, 0.3) is 0 Å². The molecule has 5 unspecified atom stereocenters. The minimum atomic E-state index is -1.83. The fraction of sp³-hybridized carbons (Fsp3) is 0.375. The zero-order valence-corrected chi connectivity index (χ0v) is 13.6. The maximum atomic E-state index is 11.1. The van der Waals surface area contributed by atoms with Crippen molar-refractivity contribution in [3.63, 3.8) is 0 Å². The second kappa shape index (κ2) is 8.15. The summed E-state index contributed by atoms with van der Waals surface area (Å²) in [4.78, 5) is 21.7. The first-order valence-electron chi connectivity index (χ1n) is 7.42. The van der Waals surface area contributed by atoms with Crippen molar-refractivity contribution in [2.75, 3.05) is 7.11 Å². The highest BCUT2D eigenvalue weighted by Crippen LogP contribution is 2.32. The van der Waals surface area contributed by atoms with Crippen molar-refractivity contribution in [3.05, 3.63) is 29.8 Å². The number of ether oxygens (including phenoxy) is 3. The van der Waals surface area contributed by atoms with Gasteiger partial charge in [-0.1, -0.05) is 6.07 Å². The fourth-order valence-corrected chi connectivity index (χ4v) is 2.33. The molecular formula is C16H18O10. The molecule has 0 amide bonds. The highest BCUT2D eigenvalue weighted by molar-refractivity contribution is 5.85. The number of aliphatic carboxylic acids is 2. The van der Waals surface area contributed by atoms with E-state index in [2.05, 4.69) is 0 Å². The number of hydrogen-bond donors (Lipinski definition) is 5. The average Bonchev–Trinajstić information content (AvgIpc) is 2.60. The van der Waals surface area contributed by atoms with E-state index in [1.807, 2.05) is 0 Å². The standard InChI is InChI=1S/C16H18O10/c1-24-9-6-7(3-5-10(17)18)2-4-8(9)25-16-13(21)11(19)12(20)14(26-16)15(22)23/h2-6,11-14,16,19-21H,1H3,(H,17,18)(H,22,23). The van der Waals surface area contributed by atoms with Gasteiger partial charge in [-0.15, -0.1) is 0 Å². The van der Waals surface area contributed by atoms with Gasteiger partial charge in [0, 0.05) is 6.08 Å². The van der Waals surface area contributed by atoms with E-state index < -0.39 is 42.6 Å². The number of aliphatic hydroxyl groups excluding tert-OH is 3. The van der Waals surface area contributed by atoms with E-state index in [1.165, 1.54) is 31.4 Å². The normalized spacial score (nSPS) is 28.7. The summed E-state index contributed by atoms with van der Waals surface area (Å²) in [6.07, 6.45) is -6.45. The molecule has 0 radical (unpaired) electrons. The Morgan fingerprint density at radius 1 is 1.08 bits per heavy atom. The molecule has 26 heavy (non-hydrogen) atoms. The first-order chi connectivity index (χ1) is 12.2. The fourth-order valence-electron chi connectivity index (χ4n) is 2.33. The molecule has 1 aromatic rings. The SMILES string of the molecule is COc1cc(C=CC(=O)O)ccc1OC1OC(C(=O)O)C(O)C(O)C1O. The summed E-state index contributed by atoms with van der Waals surface area (Å²) in [5, 5.41) is 47.1. The van der Waals surface area contributed by atoms with Crippen LogP contribution in [0.3, 0.4) is 0 Å². The van der Waals surface area contributed by atoms with Crippen molar-refractivity contribution in [2.24, 2.45) is 0 Å². The van der Waals surface area contributed by atoms with Gasteiger partial charge in [0.2, 0.25) is 6.29 Å². The lowest BCUT2D eigenvalue weighted by Crippen LogP contribution is -2.61. The Morgan fingerprint density at radius 3 is 2.35 bits per heavy atom. The van der Waals surface area contributed by atoms with Gasteiger partial charge >= 0.3 is 11.9 Å². The van der Waals surface area contributed by atoms with Gasteiger partial charge in [-0.2, -0.15) is 0 Å². The summed E-state index contributed by atoms with van der Waals surface area (Å²) < 4.78 is 15.5. The first kappa shape index (κ1) is 19.7. The third kappa shape index (κ3) is 4.29. The predicted octanol–water partition coefficient (Wildman–Crippen LogP) is -0.936. The first-order valence-corrected chi connectivity index (χ1v) is 7.42. The predicted molar refractivity (Wildman–Crippen MR) is 84.6 cm³/mol. The average molecular weight is 370 g/mol. The van der Waals surface area contributed by atoms with E-state index >= 15 is 0 Å². The third-order valence-corrected chi connectivity index (χ3v) is 3.66. The minimum Gasteiger partial charge on any atom is -0.493 e. The Bertz CT molecular complexity index is 700. The van der Waals surface area contributed by atoms with Crippen molar-refractivity contribution >= 4 is 18.0 Å². The molecule has 1 aliphatic heterocycles. The zero-order valence-electron chi connectivity index (χ0n) is 13.6. The molecule has 0 spiro atoms. The molecule has 0 bridgehead atoms. The quantitative estimate of drug-likeness (QED) is 0.395. The smallest absolute Gasteiger partial charge is 0.335 e. The van der Waals surface area contributed by atoms with Crippen LogP contribution >= 0.6 is 0 Å². The van der Waals surface area contributed by atoms with Crippen molar-refractivity contribution in [1.29, 1.82) is 0 Å². The highest BCUT2D eigenvalue weighted by Gasteiger charge is 2.48. The lowest BCUT2D eigenvalue weighted by molar-refractivity contribution is -0.271. The number of aliphatic hydroxyl groups is 3. The summed E-state index contributed by atoms with van der Waals surface area (Å²) in [6.45, 7) is 0. The molecule has 142 valence electrons. The largest absolute Gasteiger partial charge is 0.493 e. The Labute approximate surface area is 147 Å². The van der Waals surface area contributed by atoms with E-state index in [9.17, 15) is 24.9 Å². The zero-order chi connectivity index (χ0) is 19.4. The Morgan fingerprint density at radius 2 is 1.77 bits per heavy atom. The molecule has 1 saturated heterocycles. The number of carboxylic acids is 2. The molecule has 0 aromatic heterocycles. The van der Waals surface area contributed by atoms with Crippen LogP contribution in [-0.2, 0) is 14.3 Å². The number of hydrogen-bond acceptors (Lipinski definition) is 8. The van der Waals surface area contributed by atoms with Crippen LogP contribution in [0.5, 0.6) is 11.5 Å². The van der Waals surface area contributed by atoms with E-state index in [1.54, 1.807) is 0 Å². The van der Waals surface area contributed by atoms with Crippen LogP contribution in [0.1, 0.15) is 5.56 Å². The van der Waals surface area contributed by atoms with Gasteiger partial charge < -0.3 is 39.7 Å². The second-order valence-corrected chi connectivity index (χ2v) is 5.43. The summed E-state index contributed by atoms with van der Waals surface area (Å²) in [5.41, 5.74) is 0.487. The van der Waals surface area contributed by atoms with Gasteiger partial charge in [0.05, 0.1) is 7.11 Å². The summed E-state index contributed by atoms with van der Waals surface area (Å²) >= 11 is 0. The van der Waals surface area contributed by atoms with Gasteiger partial charge in [0.15, 0.2) is 17.6 Å². The summed E-state index contributed by atoms with van der Waals surface area (Å²) in [7, 11) is 1.32. The Hall–Kier alpha value is -2.66. The van der Waals surface area contributed by atoms with Crippen LogP contribution in [0.25, 0.3) is 6.08 Å². The van der Waals surface area contributed by atoms with Gasteiger partial charge in [-0.3, -0.25) is 0 Å². The van der Waals surface area contributed by atoms with E-state index in [0.29, 0.717) is 5.56 Å². The van der Waals surface area contributed by atoms with Gasteiger partial charge in [-0.05, 0) is 23.8 Å². The molecule has 10 nitrogen and oxygen atoms in total. The molecule has 1 aliphatic rings. The topological polar surface area (TPSA) is 163 Å². The van der Waals surface area contributed by atoms with E-state index in [0.717, 1.165) is 6.08 Å². The summed E-state index contributed by atoms with van der Waals surface area (Å²) in [6, 6.07) is 4.33. The van der Waals surface area contributed by atoms with Crippen LogP contribution in [0.4, 0.5) is 0 Å². The number of methoxy groups -OCH3 is 1. The Kier molecular flexibility index (Phi) is 6.16. The van der Waals surface area contributed by atoms with Crippen molar-refractivity contribution in [1.82, 2.24) is 0 Å². The molecule has 2 rings (SSSR count). The molecule has 5 N–H and O–H groups in total.